The van der Waals surface area contributed by atoms with Gasteiger partial charge in [-0.3, -0.25) is 4.99 Å². The molecular formula is C19H39IN6O. The van der Waals surface area contributed by atoms with Crippen LogP contribution in [0.3, 0.4) is 0 Å². The fourth-order valence-corrected chi connectivity index (χ4v) is 2.71. The average Bonchev–Trinajstić information content (AvgIpc) is 3.10. The summed E-state index contributed by atoms with van der Waals surface area (Å²) in [6.45, 7) is 15.0. The molecule has 7 nitrogen and oxygen atoms in total. The summed E-state index contributed by atoms with van der Waals surface area (Å²) in [5.41, 5.74) is 0. The van der Waals surface area contributed by atoms with Gasteiger partial charge >= 0.3 is 0 Å². The lowest BCUT2D eigenvalue weighted by molar-refractivity contribution is 0.292. The predicted octanol–water partition coefficient (Wildman–Crippen LogP) is 3.42. The molecule has 8 heteroatoms. The summed E-state index contributed by atoms with van der Waals surface area (Å²) in [4.78, 5) is 11.2. The van der Waals surface area contributed by atoms with Crippen molar-refractivity contribution in [1.82, 2.24) is 25.7 Å². The third kappa shape index (κ3) is 10.9. The highest BCUT2D eigenvalue weighted by atomic mass is 127. The molecule has 0 saturated carbocycles. The highest BCUT2D eigenvalue weighted by molar-refractivity contribution is 14.0. The smallest absolute Gasteiger partial charge is 0.226 e. The van der Waals surface area contributed by atoms with Gasteiger partial charge in [-0.05, 0) is 45.8 Å². The molecular weight excluding hydrogens is 455 g/mol. The standard InChI is InChI=1S/C19H38N6O.HI/c1-7-25(8-2)14-10-11-16(5)22-19(20-6)21-13-9-12-17-23-18(15(3)4)24-26-17;/h15-16H,7-14H2,1-6H3,(H2,20,21,22);1H. The first-order valence-electron chi connectivity index (χ1n) is 10.0. The summed E-state index contributed by atoms with van der Waals surface area (Å²) in [6.07, 6.45) is 4.04. The second-order valence-corrected chi connectivity index (χ2v) is 7.02. The average molecular weight is 494 g/mol. The van der Waals surface area contributed by atoms with Crippen molar-refractivity contribution in [2.24, 2.45) is 4.99 Å². The van der Waals surface area contributed by atoms with Gasteiger partial charge in [-0.1, -0.05) is 32.9 Å². The molecule has 158 valence electrons. The summed E-state index contributed by atoms with van der Waals surface area (Å²) in [5, 5.41) is 10.8. The van der Waals surface area contributed by atoms with Gasteiger partial charge in [-0.2, -0.15) is 4.98 Å². The molecule has 0 amide bonds. The molecule has 0 fully saturated rings. The lowest BCUT2D eigenvalue weighted by Gasteiger charge is -2.21. The van der Waals surface area contributed by atoms with Gasteiger partial charge in [0.2, 0.25) is 5.89 Å². The second-order valence-electron chi connectivity index (χ2n) is 7.02. The molecule has 1 atom stereocenters. The highest BCUT2D eigenvalue weighted by Gasteiger charge is 2.10. The Hall–Kier alpha value is -0.900. The lowest BCUT2D eigenvalue weighted by atomic mass is 10.2. The minimum absolute atomic E-state index is 0. The van der Waals surface area contributed by atoms with Gasteiger partial charge in [0, 0.05) is 32.0 Å². The van der Waals surface area contributed by atoms with E-state index in [4.69, 9.17) is 4.52 Å². The topological polar surface area (TPSA) is 78.6 Å². The second kappa shape index (κ2) is 15.1. The fourth-order valence-electron chi connectivity index (χ4n) is 2.71. The molecule has 0 saturated heterocycles. The Morgan fingerprint density at radius 1 is 1.19 bits per heavy atom. The largest absolute Gasteiger partial charge is 0.356 e. The number of halogens is 1. The molecule has 0 aliphatic rings. The molecule has 0 spiro atoms. The first-order valence-corrected chi connectivity index (χ1v) is 10.0. The third-order valence-electron chi connectivity index (χ3n) is 4.47. The molecule has 0 aliphatic carbocycles. The van der Waals surface area contributed by atoms with Gasteiger partial charge in [-0.25, -0.2) is 0 Å². The summed E-state index contributed by atoms with van der Waals surface area (Å²) < 4.78 is 5.27. The van der Waals surface area contributed by atoms with Crippen molar-refractivity contribution in [1.29, 1.82) is 0 Å². The summed E-state index contributed by atoms with van der Waals surface area (Å²) in [5.74, 6) is 2.65. The quantitative estimate of drug-likeness (QED) is 0.201. The highest BCUT2D eigenvalue weighted by Crippen LogP contribution is 2.10. The first kappa shape index (κ1) is 26.1. The number of aryl methyl sites for hydroxylation is 1. The van der Waals surface area contributed by atoms with Gasteiger partial charge in [0.1, 0.15) is 0 Å². The number of rotatable bonds is 12. The van der Waals surface area contributed by atoms with Crippen LogP contribution in [0.1, 0.15) is 71.5 Å². The maximum absolute atomic E-state index is 5.27. The van der Waals surface area contributed by atoms with Crippen LogP contribution >= 0.6 is 24.0 Å². The van der Waals surface area contributed by atoms with E-state index < -0.39 is 0 Å². The maximum Gasteiger partial charge on any atom is 0.226 e. The van der Waals surface area contributed by atoms with Crippen molar-refractivity contribution in [2.75, 3.05) is 33.2 Å². The minimum atomic E-state index is 0. The first-order chi connectivity index (χ1) is 12.5. The Bertz CT molecular complexity index is 516. The predicted molar refractivity (Wildman–Crippen MR) is 123 cm³/mol. The van der Waals surface area contributed by atoms with Crippen LogP contribution in [0.5, 0.6) is 0 Å². The molecule has 27 heavy (non-hydrogen) atoms. The molecule has 0 aliphatic heterocycles. The summed E-state index contributed by atoms with van der Waals surface area (Å²) in [7, 11) is 1.81. The fraction of sp³-hybridized carbons (Fsp3) is 0.842. The number of hydrogen-bond acceptors (Lipinski definition) is 5. The molecule has 0 bridgehead atoms. The van der Waals surface area contributed by atoms with Crippen molar-refractivity contribution in [2.45, 2.75) is 72.3 Å². The summed E-state index contributed by atoms with van der Waals surface area (Å²) in [6, 6.07) is 0.404. The lowest BCUT2D eigenvalue weighted by Crippen LogP contribution is -2.42. The van der Waals surface area contributed by atoms with E-state index in [9.17, 15) is 0 Å². The zero-order valence-electron chi connectivity index (χ0n) is 17.9. The molecule has 0 aromatic carbocycles. The molecule has 0 radical (unpaired) electrons. The third-order valence-corrected chi connectivity index (χ3v) is 4.47. The van der Waals surface area contributed by atoms with Crippen molar-refractivity contribution in [3.63, 3.8) is 0 Å². The number of aliphatic imine (C=N–C) groups is 1. The van der Waals surface area contributed by atoms with E-state index in [1.54, 1.807) is 0 Å². The van der Waals surface area contributed by atoms with E-state index in [1.807, 2.05) is 7.05 Å². The number of nitrogens with one attached hydrogen (secondary N) is 2. The van der Waals surface area contributed by atoms with E-state index in [0.717, 1.165) is 57.2 Å². The number of aromatic nitrogens is 2. The van der Waals surface area contributed by atoms with Crippen molar-refractivity contribution < 1.29 is 4.52 Å². The Kier molecular flexibility index (Phi) is 14.6. The van der Waals surface area contributed by atoms with E-state index in [0.29, 0.717) is 17.9 Å². The van der Waals surface area contributed by atoms with E-state index >= 15 is 0 Å². The molecule has 1 rings (SSSR count). The minimum Gasteiger partial charge on any atom is -0.356 e. The van der Waals surface area contributed by atoms with Gasteiger partial charge in [0.15, 0.2) is 11.8 Å². The van der Waals surface area contributed by atoms with Crippen LogP contribution in [0.4, 0.5) is 0 Å². The van der Waals surface area contributed by atoms with Crippen molar-refractivity contribution >= 4 is 29.9 Å². The van der Waals surface area contributed by atoms with Crippen LogP contribution in [0.25, 0.3) is 0 Å². The Labute approximate surface area is 182 Å². The Morgan fingerprint density at radius 3 is 2.44 bits per heavy atom. The number of guanidine groups is 1. The van der Waals surface area contributed by atoms with Crippen molar-refractivity contribution in [3.8, 4) is 0 Å². The number of nitrogens with zero attached hydrogens (tertiary/aromatic N) is 4. The van der Waals surface area contributed by atoms with Crippen LogP contribution in [0, 0.1) is 0 Å². The Morgan fingerprint density at radius 2 is 1.89 bits per heavy atom. The van der Waals surface area contributed by atoms with Crippen LogP contribution in [0.15, 0.2) is 9.52 Å². The molecule has 1 unspecified atom stereocenters. The number of hydrogen-bond donors (Lipinski definition) is 2. The SMILES string of the molecule is CCN(CC)CCCC(C)NC(=NC)NCCCc1nc(C(C)C)no1.I. The van der Waals surface area contributed by atoms with E-state index in [2.05, 4.69) is 65.3 Å². The van der Waals surface area contributed by atoms with Gasteiger partial charge in [-0.15, -0.1) is 24.0 Å². The van der Waals surface area contributed by atoms with Crippen molar-refractivity contribution in [3.05, 3.63) is 11.7 Å². The monoisotopic (exact) mass is 494 g/mol. The normalized spacial score (nSPS) is 13.0. The van der Waals surface area contributed by atoms with Crippen LogP contribution in [-0.4, -0.2) is 60.3 Å². The van der Waals surface area contributed by atoms with Crippen LogP contribution in [-0.2, 0) is 6.42 Å². The van der Waals surface area contributed by atoms with Gasteiger partial charge < -0.3 is 20.1 Å². The molecule has 1 aromatic rings. The summed E-state index contributed by atoms with van der Waals surface area (Å²) >= 11 is 0. The molecule has 2 N–H and O–H groups in total. The molecule has 1 heterocycles. The zero-order valence-corrected chi connectivity index (χ0v) is 20.2. The maximum atomic E-state index is 5.27. The van der Waals surface area contributed by atoms with Gasteiger partial charge in [0.05, 0.1) is 0 Å². The Balaban J connectivity index is 0.00000676. The molecule has 1 aromatic heterocycles. The van der Waals surface area contributed by atoms with Crippen LogP contribution in [0.2, 0.25) is 0 Å². The zero-order chi connectivity index (χ0) is 19.4. The van der Waals surface area contributed by atoms with Crippen LogP contribution < -0.4 is 10.6 Å². The van der Waals surface area contributed by atoms with Gasteiger partial charge in [0.25, 0.3) is 0 Å². The van der Waals surface area contributed by atoms with E-state index in [-0.39, 0.29) is 24.0 Å². The van der Waals surface area contributed by atoms with E-state index in [1.165, 1.54) is 6.42 Å².